The van der Waals surface area contributed by atoms with Crippen molar-refractivity contribution in [2.75, 3.05) is 5.73 Å². The number of rotatable bonds is 4. The van der Waals surface area contributed by atoms with Crippen LogP contribution in [0.25, 0.3) is 0 Å². The smallest absolute Gasteiger partial charge is 0.216 e. The first-order chi connectivity index (χ1) is 9.53. The van der Waals surface area contributed by atoms with Gasteiger partial charge in [0, 0.05) is 11.7 Å². The van der Waals surface area contributed by atoms with Crippen LogP contribution < -0.4 is 10.5 Å². The number of hydrogen-bond acceptors (Lipinski definition) is 3. The summed E-state index contributed by atoms with van der Waals surface area (Å²) in [4.78, 5) is 0. The molecule has 0 aromatic heterocycles. The average molecular weight is 292 g/mol. The Labute approximate surface area is 119 Å². The maximum absolute atomic E-state index is 12.3. The van der Waals surface area contributed by atoms with Crippen molar-refractivity contribution in [3.05, 3.63) is 29.8 Å². The zero-order chi connectivity index (χ0) is 13.9. The Balaban J connectivity index is 1.42. The molecule has 3 N–H and O–H groups in total. The summed E-state index contributed by atoms with van der Waals surface area (Å²) < 4.78 is 27.5. The van der Waals surface area contributed by atoms with Gasteiger partial charge in [-0.2, -0.15) is 0 Å². The van der Waals surface area contributed by atoms with E-state index in [-0.39, 0.29) is 11.8 Å². The van der Waals surface area contributed by atoms with E-state index in [1.165, 1.54) is 19.3 Å². The number of nitrogen functional groups attached to an aromatic ring is 1. The van der Waals surface area contributed by atoms with Crippen molar-refractivity contribution < 1.29 is 8.42 Å². The van der Waals surface area contributed by atoms with E-state index >= 15 is 0 Å². The molecule has 0 radical (unpaired) electrons. The van der Waals surface area contributed by atoms with Crippen molar-refractivity contribution in [3.8, 4) is 0 Å². The molecule has 2 bridgehead atoms. The molecule has 3 aliphatic carbocycles. The second-order valence-electron chi connectivity index (χ2n) is 6.63. The molecule has 4 unspecified atom stereocenters. The predicted octanol–water partition coefficient (Wildman–Crippen LogP) is 1.73. The quantitative estimate of drug-likeness (QED) is 0.830. The van der Waals surface area contributed by atoms with Gasteiger partial charge in [-0.1, -0.05) is 12.1 Å². The minimum Gasteiger partial charge on any atom is -0.399 e. The van der Waals surface area contributed by atoms with Crippen LogP contribution >= 0.6 is 0 Å². The number of hydrogen-bond donors (Lipinski definition) is 2. The topological polar surface area (TPSA) is 72.2 Å². The lowest BCUT2D eigenvalue weighted by Crippen LogP contribution is -2.31. The highest BCUT2D eigenvalue weighted by Gasteiger charge is 2.65. The van der Waals surface area contributed by atoms with Gasteiger partial charge in [-0.3, -0.25) is 0 Å². The fraction of sp³-hybridized carbons (Fsp3) is 0.600. The fourth-order valence-electron chi connectivity index (χ4n) is 4.57. The largest absolute Gasteiger partial charge is 0.399 e. The van der Waals surface area contributed by atoms with E-state index in [1.807, 2.05) is 0 Å². The molecule has 0 heterocycles. The highest BCUT2D eigenvalue weighted by molar-refractivity contribution is 7.88. The Hall–Kier alpha value is -1.07. The van der Waals surface area contributed by atoms with Gasteiger partial charge in [0.2, 0.25) is 10.0 Å². The molecule has 108 valence electrons. The van der Waals surface area contributed by atoms with E-state index in [4.69, 9.17) is 5.73 Å². The molecule has 5 heteroatoms. The number of sulfonamides is 1. The molecule has 20 heavy (non-hydrogen) atoms. The summed E-state index contributed by atoms with van der Waals surface area (Å²) in [6.45, 7) is 0. The van der Waals surface area contributed by atoms with E-state index in [0.29, 0.717) is 17.5 Å². The van der Waals surface area contributed by atoms with Gasteiger partial charge in [0.25, 0.3) is 0 Å². The van der Waals surface area contributed by atoms with E-state index in [2.05, 4.69) is 4.72 Å². The van der Waals surface area contributed by atoms with Gasteiger partial charge in [0.1, 0.15) is 0 Å². The lowest BCUT2D eigenvalue weighted by Gasteiger charge is -2.11. The van der Waals surface area contributed by atoms with Gasteiger partial charge >= 0.3 is 0 Å². The summed E-state index contributed by atoms with van der Waals surface area (Å²) in [5.41, 5.74) is 7.07. The van der Waals surface area contributed by atoms with Crippen LogP contribution in [-0.2, 0) is 15.8 Å². The molecular weight excluding hydrogens is 272 g/mol. The van der Waals surface area contributed by atoms with Crippen molar-refractivity contribution in [2.45, 2.75) is 31.1 Å². The van der Waals surface area contributed by atoms with Crippen LogP contribution in [0.1, 0.15) is 24.8 Å². The monoisotopic (exact) mass is 292 g/mol. The summed E-state index contributed by atoms with van der Waals surface area (Å²) in [6, 6.07) is 7.28. The average Bonchev–Trinajstić information content (AvgIpc) is 2.81. The van der Waals surface area contributed by atoms with Crippen LogP contribution in [0.15, 0.2) is 24.3 Å². The molecule has 3 fully saturated rings. The van der Waals surface area contributed by atoms with Gasteiger partial charge in [0.15, 0.2) is 0 Å². The maximum Gasteiger partial charge on any atom is 0.216 e. The molecule has 1 aromatic carbocycles. The third-order valence-electron chi connectivity index (χ3n) is 5.39. The summed E-state index contributed by atoms with van der Waals surface area (Å²) in [5.74, 6) is 2.90. The number of benzene rings is 1. The van der Waals surface area contributed by atoms with E-state index in [9.17, 15) is 8.42 Å². The first kappa shape index (κ1) is 12.7. The van der Waals surface area contributed by atoms with Gasteiger partial charge in [0.05, 0.1) is 5.75 Å². The van der Waals surface area contributed by atoms with Crippen molar-refractivity contribution in [3.63, 3.8) is 0 Å². The Kier molecular flexibility index (Phi) is 2.67. The Morgan fingerprint density at radius 3 is 2.30 bits per heavy atom. The van der Waals surface area contributed by atoms with E-state index in [1.54, 1.807) is 24.3 Å². The third kappa shape index (κ3) is 2.04. The van der Waals surface area contributed by atoms with Gasteiger partial charge in [-0.15, -0.1) is 0 Å². The molecule has 1 aromatic rings. The summed E-state index contributed by atoms with van der Waals surface area (Å²) in [5, 5.41) is 0. The molecule has 0 spiro atoms. The lowest BCUT2D eigenvalue weighted by atomic mass is 10.0. The number of nitrogens with two attached hydrogens (primary N) is 1. The first-order valence-corrected chi connectivity index (χ1v) is 9.03. The molecule has 4 rings (SSSR count). The third-order valence-corrected chi connectivity index (χ3v) is 6.73. The molecule has 3 saturated carbocycles. The lowest BCUT2D eigenvalue weighted by molar-refractivity contribution is 0.456. The predicted molar refractivity (Wildman–Crippen MR) is 78.2 cm³/mol. The molecule has 0 aliphatic heterocycles. The van der Waals surface area contributed by atoms with Crippen molar-refractivity contribution in [1.82, 2.24) is 4.72 Å². The second-order valence-corrected chi connectivity index (χ2v) is 8.39. The zero-order valence-electron chi connectivity index (χ0n) is 11.3. The Bertz CT molecular complexity index is 610. The molecule has 3 aliphatic rings. The minimum atomic E-state index is -3.24. The molecule has 0 saturated heterocycles. The van der Waals surface area contributed by atoms with Crippen LogP contribution in [0.2, 0.25) is 0 Å². The summed E-state index contributed by atoms with van der Waals surface area (Å²) >= 11 is 0. The minimum absolute atomic E-state index is 0.0541. The van der Waals surface area contributed by atoms with Crippen molar-refractivity contribution in [1.29, 1.82) is 0 Å². The first-order valence-electron chi connectivity index (χ1n) is 7.38. The zero-order valence-corrected chi connectivity index (χ0v) is 12.1. The number of fused-ring (bicyclic) bond motifs is 5. The SMILES string of the molecule is Nc1ccc(CS(=O)(=O)NC2C3C4CCC(C4)C23)cc1. The van der Waals surface area contributed by atoms with E-state index < -0.39 is 10.0 Å². The van der Waals surface area contributed by atoms with Crippen LogP contribution in [0.4, 0.5) is 5.69 Å². The molecule has 4 nitrogen and oxygen atoms in total. The van der Waals surface area contributed by atoms with E-state index in [0.717, 1.165) is 17.4 Å². The van der Waals surface area contributed by atoms with Crippen LogP contribution in [0.3, 0.4) is 0 Å². The normalized spacial score (nSPS) is 37.9. The number of anilines is 1. The highest BCUT2D eigenvalue weighted by Crippen LogP contribution is 2.65. The number of nitrogens with one attached hydrogen (secondary N) is 1. The second kappa shape index (κ2) is 4.21. The maximum atomic E-state index is 12.3. The highest BCUT2D eigenvalue weighted by atomic mass is 32.2. The van der Waals surface area contributed by atoms with Crippen molar-refractivity contribution >= 4 is 15.7 Å². The van der Waals surface area contributed by atoms with Crippen LogP contribution in [-0.4, -0.2) is 14.5 Å². The molecular formula is C15H20N2O2S. The summed E-state index contributed by atoms with van der Waals surface area (Å²) in [7, 11) is -3.24. The Morgan fingerprint density at radius 1 is 1.10 bits per heavy atom. The standard InChI is InChI=1S/C15H20N2O2S/c16-12-5-1-9(2-6-12)8-20(18,19)17-15-13-10-3-4-11(7-10)14(13)15/h1-2,5-6,10-11,13-15,17H,3-4,7-8,16H2. The van der Waals surface area contributed by atoms with Crippen LogP contribution in [0, 0.1) is 23.7 Å². The summed E-state index contributed by atoms with van der Waals surface area (Å²) in [6.07, 6.45) is 3.95. The molecule has 4 atom stereocenters. The van der Waals surface area contributed by atoms with Gasteiger partial charge < -0.3 is 5.73 Å². The fourth-order valence-corrected chi connectivity index (χ4v) is 6.01. The Morgan fingerprint density at radius 2 is 1.70 bits per heavy atom. The van der Waals surface area contributed by atoms with Gasteiger partial charge in [-0.25, -0.2) is 13.1 Å². The molecule has 0 amide bonds. The van der Waals surface area contributed by atoms with Crippen LogP contribution in [0.5, 0.6) is 0 Å². The van der Waals surface area contributed by atoms with Gasteiger partial charge in [-0.05, 0) is 60.6 Å². The van der Waals surface area contributed by atoms with Crippen molar-refractivity contribution in [2.24, 2.45) is 23.7 Å².